The highest BCUT2D eigenvalue weighted by Crippen LogP contribution is 2.27. The highest BCUT2D eigenvalue weighted by Gasteiger charge is 2.31. The number of aliphatic carboxylic acids is 1. The number of aromatic nitrogens is 1. The van der Waals surface area contributed by atoms with Gasteiger partial charge in [0, 0.05) is 32.4 Å². The van der Waals surface area contributed by atoms with Crippen LogP contribution in [0, 0.1) is 5.92 Å². The summed E-state index contributed by atoms with van der Waals surface area (Å²) in [6, 6.07) is 3.37. The summed E-state index contributed by atoms with van der Waals surface area (Å²) in [4.78, 5) is 33.5. The molecule has 1 atom stereocenters. The molecular weight excluding hydrogens is 260 g/mol. The van der Waals surface area contributed by atoms with E-state index in [2.05, 4.69) is 20.2 Å². The monoisotopic (exact) mass is 274 g/mol. The second-order valence-electron chi connectivity index (χ2n) is 4.74. The minimum absolute atomic E-state index is 0.277. The van der Waals surface area contributed by atoms with Crippen LogP contribution in [0.5, 0.6) is 0 Å². The summed E-state index contributed by atoms with van der Waals surface area (Å²) < 4.78 is 0. The lowest BCUT2D eigenvalue weighted by atomic mass is 9.97. The van der Waals surface area contributed by atoms with Crippen molar-refractivity contribution in [2.75, 3.05) is 31.1 Å². The number of nitrogens with one attached hydrogen (secondary N) is 1. The summed E-state index contributed by atoms with van der Waals surface area (Å²) in [6.07, 6.45) is 1.15. The maximum Gasteiger partial charge on any atom is 0.319 e. The molecule has 1 aromatic rings. The lowest BCUT2D eigenvalue weighted by Crippen LogP contribution is -2.44. The van der Waals surface area contributed by atoms with Crippen molar-refractivity contribution in [2.45, 2.75) is 0 Å². The van der Waals surface area contributed by atoms with Crippen molar-refractivity contribution < 1.29 is 14.7 Å². The number of carboxylic acids is 1. The number of carbonyl (C=O) groups is 2. The van der Waals surface area contributed by atoms with Gasteiger partial charge in [0.1, 0.15) is 5.82 Å². The van der Waals surface area contributed by atoms with E-state index in [1.54, 1.807) is 12.1 Å². The van der Waals surface area contributed by atoms with Crippen LogP contribution < -0.4 is 10.2 Å². The van der Waals surface area contributed by atoms with Crippen molar-refractivity contribution in [2.24, 2.45) is 10.9 Å². The van der Waals surface area contributed by atoms with Crippen molar-refractivity contribution in [1.82, 2.24) is 10.3 Å². The third-order valence-corrected chi connectivity index (χ3v) is 3.46. The van der Waals surface area contributed by atoms with Crippen molar-refractivity contribution >= 4 is 29.6 Å². The quantitative estimate of drug-likeness (QED) is 0.742. The van der Waals surface area contributed by atoms with E-state index in [1.165, 1.54) is 0 Å². The van der Waals surface area contributed by atoms with Crippen LogP contribution in [0.3, 0.4) is 0 Å². The number of aliphatic imine (C=N–C) groups is 1. The molecule has 2 aliphatic heterocycles. The fraction of sp³-hybridized carbons (Fsp3) is 0.385. The number of anilines is 1. The average Bonchev–Trinajstić information content (AvgIpc) is 2.48. The molecule has 0 radical (unpaired) electrons. The SMILES string of the molecule is O=C(O)C1C=Nc2nc(N3CCNCC3)ccc2C1=O. The van der Waals surface area contributed by atoms with Gasteiger partial charge in [-0.1, -0.05) is 0 Å². The van der Waals surface area contributed by atoms with E-state index in [4.69, 9.17) is 5.11 Å². The van der Waals surface area contributed by atoms with E-state index in [0.29, 0.717) is 5.82 Å². The second-order valence-corrected chi connectivity index (χ2v) is 4.74. The molecular formula is C13H14N4O3. The van der Waals surface area contributed by atoms with Gasteiger partial charge in [0.15, 0.2) is 17.5 Å². The van der Waals surface area contributed by atoms with Crippen molar-refractivity contribution in [1.29, 1.82) is 0 Å². The minimum Gasteiger partial charge on any atom is -0.480 e. The Morgan fingerprint density at radius 2 is 2.10 bits per heavy atom. The Kier molecular flexibility index (Phi) is 3.19. The normalized spacial score (nSPS) is 21.7. The number of hydrogen-bond acceptors (Lipinski definition) is 6. The first-order valence-corrected chi connectivity index (χ1v) is 6.45. The van der Waals surface area contributed by atoms with Crippen LogP contribution in [0.15, 0.2) is 17.1 Å². The molecule has 1 aromatic heterocycles. The van der Waals surface area contributed by atoms with Gasteiger partial charge in [0.25, 0.3) is 0 Å². The molecule has 0 bridgehead atoms. The predicted octanol–water partition coefficient (Wildman–Crippen LogP) is 0.0906. The summed E-state index contributed by atoms with van der Waals surface area (Å²) >= 11 is 0. The van der Waals surface area contributed by atoms with E-state index >= 15 is 0 Å². The molecule has 104 valence electrons. The largest absolute Gasteiger partial charge is 0.480 e. The maximum atomic E-state index is 12.0. The lowest BCUT2D eigenvalue weighted by molar-refractivity contribution is -0.137. The Morgan fingerprint density at radius 1 is 1.35 bits per heavy atom. The summed E-state index contributed by atoms with van der Waals surface area (Å²) in [6.45, 7) is 3.48. The zero-order chi connectivity index (χ0) is 14.1. The molecule has 0 aliphatic carbocycles. The highest BCUT2D eigenvalue weighted by molar-refractivity contribution is 6.21. The molecule has 1 fully saturated rings. The summed E-state index contributed by atoms with van der Waals surface area (Å²) in [5, 5.41) is 12.2. The number of fused-ring (bicyclic) bond motifs is 1. The summed E-state index contributed by atoms with van der Waals surface area (Å²) in [5.41, 5.74) is 0.277. The molecule has 7 heteroatoms. The summed E-state index contributed by atoms with van der Waals surface area (Å²) in [7, 11) is 0. The van der Waals surface area contributed by atoms with Gasteiger partial charge in [-0.3, -0.25) is 9.59 Å². The smallest absolute Gasteiger partial charge is 0.319 e. The van der Waals surface area contributed by atoms with Gasteiger partial charge < -0.3 is 15.3 Å². The second kappa shape index (κ2) is 5.01. The Bertz CT molecular complexity index is 593. The van der Waals surface area contributed by atoms with Crippen LogP contribution in [0.1, 0.15) is 10.4 Å². The van der Waals surface area contributed by atoms with E-state index in [0.717, 1.165) is 38.2 Å². The number of hydrogen-bond donors (Lipinski definition) is 2. The number of ketones is 1. The number of Topliss-reactive ketones (excluding diaryl/α,β-unsaturated/α-hetero) is 1. The van der Waals surface area contributed by atoms with Gasteiger partial charge in [-0.05, 0) is 12.1 Å². The van der Waals surface area contributed by atoms with Gasteiger partial charge in [-0.25, -0.2) is 9.98 Å². The van der Waals surface area contributed by atoms with E-state index in [9.17, 15) is 9.59 Å². The van der Waals surface area contributed by atoms with Crippen LogP contribution in [-0.4, -0.2) is 54.2 Å². The first kappa shape index (κ1) is 12.7. The molecule has 7 nitrogen and oxygen atoms in total. The molecule has 3 rings (SSSR count). The van der Waals surface area contributed by atoms with Crippen LogP contribution >= 0.6 is 0 Å². The molecule has 0 saturated carbocycles. The van der Waals surface area contributed by atoms with Gasteiger partial charge >= 0.3 is 5.97 Å². The molecule has 0 spiro atoms. The Balaban J connectivity index is 1.91. The molecule has 0 amide bonds. The number of piperazine rings is 1. The zero-order valence-electron chi connectivity index (χ0n) is 10.7. The molecule has 2 aliphatic rings. The highest BCUT2D eigenvalue weighted by atomic mass is 16.4. The predicted molar refractivity (Wildman–Crippen MR) is 72.9 cm³/mol. The Hall–Kier alpha value is -2.28. The standard InChI is InChI=1S/C13H14N4O3/c18-11-8-1-2-10(17-5-3-14-4-6-17)16-12(8)15-7-9(11)13(19)20/h1-2,7,9,14H,3-6H2,(H,19,20). The molecule has 1 unspecified atom stereocenters. The third-order valence-electron chi connectivity index (χ3n) is 3.46. The zero-order valence-corrected chi connectivity index (χ0v) is 10.7. The van der Waals surface area contributed by atoms with Crippen LogP contribution in [0.25, 0.3) is 0 Å². The van der Waals surface area contributed by atoms with Crippen LogP contribution in [0.4, 0.5) is 11.6 Å². The van der Waals surface area contributed by atoms with Gasteiger partial charge in [0.2, 0.25) is 0 Å². The number of pyridine rings is 1. The van der Waals surface area contributed by atoms with Crippen molar-refractivity contribution in [3.8, 4) is 0 Å². The summed E-state index contributed by atoms with van der Waals surface area (Å²) in [5.74, 6) is -1.76. The van der Waals surface area contributed by atoms with Gasteiger partial charge in [-0.15, -0.1) is 0 Å². The van der Waals surface area contributed by atoms with Crippen LogP contribution in [-0.2, 0) is 4.79 Å². The molecule has 2 N–H and O–H groups in total. The van der Waals surface area contributed by atoms with E-state index < -0.39 is 17.7 Å². The molecule has 20 heavy (non-hydrogen) atoms. The maximum absolute atomic E-state index is 12.0. The fourth-order valence-corrected chi connectivity index (χ4v) is 2.36. The number of carboxylic acid groups (broad SMARTS) is 1. The van der Waals surface area contributed by atoms with Crippen LogP contribution in [0.2, 0.25) is 0 Å². The van der Waals surface area contributed by atoms with Gasteiger partial charge in [-0.2, -0.15) is 0 Å². The number of rotatable bonds is 2. The molecule has 0 aromatic carbocycles. The topological polar surface area (TPSA) is 94.9 Å². The number of carbonyl (C=O) groups excluding carboxylic acids is 1. The lowest BCUT2D eigenvalue weighted by Gasteiger charge is -2.29. The van der Waals surface area contributed by atoms with Gasteiger partial charge in [0.05, 0.1) is 5.56 Å². The minimum atomic E-state index is -1.20. The third kappa shape index (κ3) is 2.16. The fourth-order valence-electron chi connectivity index (χ4n) is 2.36. The number of nitrogens with zero attached hydrogens (tertiary/aromatic N) is 3. The first-order valence-electron chi connectivity index (χ1n) is 6.45. The van der Waals surface area contributed by atoms with Crippen molar-refractivity contribution in [3.05, 3.63) is 17.7 Å². The van der Waals surface area contributed by atoms with E-state index in [1.807, 2.05) is 0 Å². The Labute approximate surface area is 115 Å². The van der Waals surface area contributed by atoms with E-state index in [-0.39, 0.29) is 5.56 Å². The Morgan fingerprint density at radius 3 is 2.80 bits per heavy atom. The molecule has 3 heterocycles. The van der Waals surface area contributed by atoms with Crippen molar-refractivity contribution in [3.63, 3.8) is 0 Å². The average molecular weight is 274 g/mol. The molecule has 1 saturated heterocycles. The first-order chi connectivity index (χ1) is 9.66.